The van der Waals surface area contributed by atoms with E-state index in [4.69, 9.17) is 14.2 Å². The van der Waals surface area contributed by atoms with Crippen molar-refractivity contribution in [3.05, 3.63) is 59.2 Å². The molecule has 2 aromatic carbocycles. The molecule has 178 valence electrons. The average molecular weight is 476 g/mol. The fraction of sp³-hybridized carbons (Fsp3) is 0.417. The van der Waals surface area contributed by atoms with Gasteiger partial charge in [0, 0.05) is 12.8 Å². The molecular weight excluding hydrogens is 446 g/mol. The molecular formula is C24H29NO7S. The van der Waals surface area contributed by atoms with Gasteiger partial charge in [-0.05, 0) is 53.3 Å². The van der Waals surface area contributed by atoms with E-state index in [0.29, 0.717) is 24.3 Å². The van der Waals surface area contributed by atoms with Crippen LogP contribution in [0.1, 0.15) is 36.6 Å². The lowest BCUT2D eigenvalue weighted by Crippen LogP contribution is -2.44. The smallest absolute Gasteiger partial charge is 0.410 e. The quantitative estimate of drug-likeness (QED) is 0.565. The fourth-order valence-corrected chi connectivity index (χ4v) is 4.21. The number of rotatable bonds is 7. The Bertz CT molecular complexity index is 1110. The largest absolute Gasteiger partial charge is 0.489 e. The number of hydrogen-bond acceptors (Lipinski definition) is 7. The van der Waals surface area contributed by atoms with Crippen LogP contribution in [0, 0.1) is 5.92 Å². The third-order valence-corrected chi connectivity index (χ3v) is 6.43. The first-order chi connectivity index (χ1) is 15.6. The van der Waals surface area contributed by atoms with Gasteiger partial charge >= 0.3 is 12.1 Å². The number of hydrogen-bond donors (Lipinski definition) is 0. The molecule has 1 unspecified atom stereocenters. The van der Waals surface area contributed by atoms with Gasteiger partial charge in [-0.1, -0.05) is 32.0 Å². The predicted molar refractivity (Wildman–Crippen MR) is 122 cm³/mol. The lowest BCUT2D eigenvalue weighted by Gasteiger charge is -2.35. The van der Waals surface area contributed by atoms with E-state index in [1.165, 1.54) is 18.3 Å². The monoisotopic (exact) mass is 475 g/mol. The minimum absolute atomic E-state index is 0.185. The highest BCUT2D eigenvalue weighted by Crippen LogP contribution is 2.34. The summed E-state index contributed by atoms with van der Waals surface area (Å²) in [4.78, 5) is 26.8. The third kappa shape index (κ3) is 6.04. The first-order valence-electron chi connectivity index (χ1n) is 10.7. The average Bonchev–Trinajstić information content (AvgIpc) is 2.79. The van der Waals surface area contributed by atoms with Crippen molar-refractivity contribution in [2.45, 2.75) is 37.8 Å². The minimum atomic E-state index is -3.25. The number of carbonyl (C=O) groups is 2. The molecule has 3 rings (SSSR count). The van der Waals surface area contributed by atoms with Crippen LogP contribution in [0.4, 0.5) is 4.79 Å². The molecule has 0 saturated heterocycles. The first-order valence-corrected chi connectivity index (χ1v) is 12.5. The van der Waals surface area contributed by atoms with Crippen LogP contribution >= 0.6 is 0 Å². The molecule has 1 heterocycles. The number of ether oxygens (including phenoxy) is 3. The van der Waals surface area contributed by atoms with Gasteiger partial charge in [-0.15, -0.1) is 0 Å². The van der Waals surface area contributed by atoms with E-state index < -0.39 is 27.9 Å². The van der Waals surface area contributed by atoms with Crippen molar-refractivity contribution < 1.29 is 32.2 Å². The molecule has 2 aromatic rings. The number of fused-ring (bicyclic) bond motifs is 1. The van der Waals surface area contributed by atoms with E-state index in [1.807, 2.05) is 19.9 Å². The number of esters is 1. The normalized spacial score (nSPS) is 15.7. The molecule has 1 amide bonds. The van der Waals surface area contributed by atoms with Crippen molar-refractivity contribution >= 4 is 21.9 Å². The molecule has 0 bridgehead atoms. The molecule has 0 fully saturated rings. The molecule has 0 aliphatic carbocycles. The van der Waals surface area contributed by atoms with Crippen molar-refractivity contribution in [1.29, 1.82) is 0 Å². The van der Waals surface area contributed by atoms with Crippen molar-refractivity contribution in [2.75, 3.05) is 26.5 Å². The Kier molecular flexibility index (Phi) is 7.63. The van der Waals surface area contributed by atoms with E-state index >= 15 is 0 Å². The van der Waals surface area contributed by atoms with Gasteiger partial charge < -0.3 is 14.2 Å². The van der Waals surface area contributed by atoms with E-state index in [1.54, 1.807) is 36.4 Å². The van der Waals surface area contributed by atoms with Crippen molar-refractivity contribution in [3.63, 3.8) is 0 Å². The van der Waals surface area contributed by atoms with Gasteiger partial charge in [-0.2, -0.15) is 0 Å². The number of sulfone groups is 1. The summed E-state index contributed by atoms with van der Waals surface area (Å²) >= 11 is 0. The van der Waals surface area contributed by atoms with Crippen LogP contribution in [0.15, 0.2) is 47.4 Å². The summed E-state index contributed by atoms with van der Waals surface area (Å²) in [5.74, 6) is 0.266. The maximum atomic E-state index is 12.6. The Morgan fingerprint density at radius 3 is 2.42 bits per heavy atom. The zero-order valence-electron chi connectivity index (χ0n) is 19.2. The van der Waals surface area contributed by atoms with Crippen LogP contribution in [0.3, 0.4) is 0 Å². The number of amides is 1. The summed E-state index contributed by atoms with van der Waals surface area (Å²) in [6.07, 6.45) is 1.17. The van der Waals surface area contributed by atoms with Crippen molar-refractivity contribution in [2.24, 2.45) is 5.92 Å². The van der Waals surface area contributed by atoms with E-state index in [9.17, 15) is 18.0 Å². The lowest BCUT2D eigenvalue weighted by molar-refractivity contribution is -0.147. The molecule has 8 nitrogen and oxygen atoms in total. The summed E-state index contributed by atoms with van der Waals surface area (Å²) in [5.41, 5.74) is 2.40. The highest BCUT2D eigenvalue weighted by Gasteiger charge is 2.38. The Morgan fingerprint density at radius 2 is 1.82 bits per heavy atom. The molecule has 33 heavy (non-hydrogen) atoms. The molecule has 1 aliphatic heterocycles. The summed E-state index contributed by atoms with van der Waals surface area (Å²) < 4.78 is 39.4. The summed E-state index contributed by atoms with van der Waals surface area (Å²) in [5, 5.41) is 0. The van der Waals surface area contributed by atoms with Gasteiger partial charge in [-0.3, -0.25) is 4.90 Å². The van der Waals surface area contributed by atoms with E-state index in [2.05, 4.69) is 0 Å². The van der Waals surface area contributed by atoms with Gasteiger partial charge in [0.1, 0.15) is 12.4 Å². The molecule has 0 saturated carbocycles. The maximum Gasteiger partial charge on any atom is 0.410 e. The second-order valence-electron chi connectivity index (χ2n) is 8.41. The number of methoxy groups -OCH3 is 1. The molecule has 0 N–H and O–H groups in total. The van der Waals surface area contributed by atoms with Gasteiger partial charge in [0.15, 0.2) is 15.9 Å². The van der Waals surface area contributed by atoms with E-state index in [0.717, 1.165) is 11.1 Å². The van der Waals surface area contributed by atoms with Crippen LogP contribution in [0.25, 0.3) is 0 Å². The fourth-order valence-electron chi connectivity index (χ4n) is 3.58. The second-order valence-corrected chi connectivity index (χ2v) is 10.4. The third-order valence-electron chi connectivity index (χ3n) is 5.30. The maximum absolute atomic E-state index is 12.6. The lowest BCUT2D eigenvalue weighted by atomic mass is 9.92. The van der Waals surface area contributed by atoms with Gasteiger partial charge in [0.25, 0.3) is 0 Å². The molecule has 1 atom stereocenters. The Labute approximate surface area is 194 Å². The van der Waals surface area contributed by atoms with Crippen LogP contribution in [0.5, 0.6) is 5.75 Å². The van der Waals surface area contributed by atoms with Gasteiger partial charge in [-0.25, -0.2) is 18.0 Å². The standard InChI is InChI=1S/C24H29NO7S/c1-16(2)14-32-24(27)25-12-11-18-13-19(7-10-21(18)22(25)23(26)30-3)31-15-17-5-8-20(9-6-17)33(4,28)29/h5-10,13,16,22H,11-12,14-15H2,1-4H3. The highest BCUT2D eigenvalue weighted by molar-refractivity contribution is 7.90. The Morgan fingerprint density at radius 1 is 1.12 bits per heavy atom. The molecule has 0 spiro atoms. The van der Waals surface area contributed by atoms with Gasteiger partial charge in [0.2, 0.25) is 0 Å². The van der Waals surface area contributed by atoms with Crippen LogP contribution < -0.4 is 4.74 Å². The Balaban J connectivity index is 1.75. The molecule has 0 radical (unpaired) electrons. The zero-order valence-corrected chi connectivity index (χ0v) is 20.1. The summed E-state index contributed by atoms with van der Waals surface area (Å²) in [6, 6.07) is 11.0. The highest BCUT2D eigenvalue weighted by atomic mass is 32.2. The zero-order chi connectivity index (χ0) is 24.2. The molecule has 1 aliphatic rings. The molecule has 9 heteroatoms. The summed E-state index contributed by atoms with van der Waals surface area (Å²) in [7, 11) is -1.95. The minimum Gasteiger partial charge on any atom is -0.489 e. The van der Waals surface area contributed by atoms with Crippen molar-refractivity contribution in [3.8, 4) is 5.75 Å². The van der Waals surface area contributed by atoms with E-state index in [-0.39, 0.29) is 24.0 Å². The van der Waals surface area contributed by atoms with Crippen LogP contribution in [-0.4, -0.2) is 51.9 Å². The SMILES string of the molecule is COC(=O)C1c2ccc(OCc3ccc(S(C)(=O)=O)cc3)cc2CCN1C(=O)OCC(C)C. The van der Waals surface area contributed by atoms with Crippen molar-refractivity contribution in [1.82, 2.24) is 4.90 Å². The molecule has 0 aromatic heterocycles. The van der Waals surface area contributed by atoms with Gasteiger partial charge in [0.05, 0.1) is 18.6 Å². The Hall–Kier alpha value is -3.07. The number of carbonyl (C=O) groups excluding carboxylic acids is 2. The topological polar surface area (TPSA) is 99.2 Å². The first kappa shape index (κ1) is 24.6. The second kappa shape index (κ2) is 10.2. The summed E-state index contributed by atoms with van der Waals surface area (Å²) in [6.45, 7) is 4.74. The number of nitrogens with zero attached hydrogens (tertiary/aromatic N) is 1. The van der Waals surface area contributed by atoms with Crippen LogP contribution in [-0.2, 0) is 37.1 Å². The number of benzene rings is 2. The predicted octanol–water partition coefficient (Wildman–Crippen LogP) is 3.53. The van der Waals surface area contributed by atoms with Crippen LogP contribution in [0.2, 0.25) is 0 Å².